The highest BCUT2D eigenvalue weighted by Gasteiger charge is 2.20. The summed E-state index contributed by atoms with van der Waals surface area (Å²) in [6.07, 6.45) is 0.0949. The van der Waals surface area contributed by atoms with E-state index in [1.54, 1.807) is 6.07 Å². The topological polar surface area (TPSA) is 49.3 Å². The molecule has 0 bridgehead atoms. The van der Waals surface area contributed by atoms with Gasteiger partial charge in [0.25, 0.3) is 5.91 Å². The number of rotatable bonds is 2. The second kappa shape index (κ2) is 5.38. The number of aliphatic hydroxyl groups is 1. The largest absolute Gasteiger partial charge is 0.384 e. The summed E-state index contributed by atoms with van der Waals surface area (Å²) in [5, 5.41) is 13.3. The van der Waals surface area contributed by atoms with E-state index in [1.165, 1.54) is 0 Å². The van der Waals surface area contributed by atoms with E-state index in [0.717, 1.165) is 27.6 Å². The van der Waals surface area contributed by atoms with Crippen molar-refractivity contribution in [2.45, 2.75) is 12.5 Å². The lowest BCUT2D eigenvalue weighted by molar-refractivity contribution is 0.0945. The van der Waals surface area contributed by atoms with Gasteiger partial charge in [-0.1, -0.05) is 46.3 Å². The summed E-state index contributed by atoms with van der Waals surface area (Å²) in [5.41, 5.74) is 3.23. The number of aliphatic hydroxyl groups excluding tert-OH is 1. The smallest absolute Gasteiger partial charge is 0.251 e. The van der Waals surface area contributed by atoms with Crippen LogP contribution < -0.4 is 5.32 Å². The van der Waals surface area contributed by atoms with Gasteiger partial charge in [-0.05, 0) is 35.2 Å². The number of hydrogen-bond donors (Lipinski definition) is 2. The van der Waals surface area contributed by atoms with Gasteiger partial charge in [0.2, 0.25) is 0 Å². The maximum atomic E-state index is 11.9. The summed E-state index contributed by atoms with van der Waals surface area (Å²) in [6, 6.07) is 13.2. The fourth-order valence-electron chi connectivity index (χ4n) is 2.48. The van der Waals surface area contributed by atoms with Crippen LogP contribution in [0.5, 0.6) is 0 Å². The van der Waals surface area contributed by atoms with Gasteiger partial charge in [-0.3, -0.25) is 4.79 Å². The SMILES string of the molecule is O=C1NCCc2ccc(C(O)c3ccccc3Br)cc21. The standard InChI is InChI=1S/C16H14BrNO2/c17-14-4-2-1-3-12(14)15(19)11-6-5-10-7-8-18-16(20)13(10)9-11/h1-6,9,15,19H,7-8H2,(H,18,20). The molecular formula is C16H14BrNO2. The maximum Gasteiger partial charge on any atom is 0.251 e. The Morgan fingerprint density at radius 2 is 2.00 bits per heavy atom. The molecule has 102 valence electrons. The van der Waals surface area contributed by atoms with Crippen LogP contribution in [0.25, 0.3) is 0 Å². The monoisotopic (exact) mass is 331 g/mol. The summed E-state index contributed by atoms with van der Waals surface area (Å²) in [5.74, 6) is -0.0626. The van der Waals surface area contributed by atoms with Gasteiger partial charge in [-0.15, -0.1) is 0 Å². The third-order valence-electron chi connectivity index (χ3n) is 3.57. The van der Waals surface area contributed by atoms with Crippen molar-refractivity contribution in [3.8, 4) is 0 Å². The summed E-state index contributed by atoms with van der Waals surface area (Å²) in [7, 11) is 0. The molecule has 3 rings (SSSR count). The molecule has 0 saturated carbocycles. The van der Waals surface area contributed by atoms with Gasteiger partial charge >= 0.3 is 0 Å². The molecule has 0 aromatic heterocycles. The predicted molar refractivity (Wildman–Crippen MR) is 80.7 cm³/mol. The Kier molecular flexibility index (Phi) is 3.59. The highest BCUT2D eigenvalue weighted by Crippen LogP contribution is 2.29. The molecular weight excluding hydrogens is 318 g/mol. The molecule has 0 fully saturated rings. The molecule has 1 aliphatic rings. The number of carbonyl (C=O) groups excluding carboxylic acids is 1. The molecule has 1 amide bonds. The molecule has 20 heavy (non-hydrogen) atoms. The fraction of sp³-hybridized carbons (Fsp3) is 0.188. The van der Waals surface area contributed by atoms with Gasteiger partial charge in [0.15, 0.2) is 0 Å². The van der Waals surface area contributed by atoms with Crippen LogP contribution in [0.1, 0.15) is 33.2 Å². The van der Waals surface area contributed by atoms with Crippen LogP contribution in [0.3, 0.4) is 0 Å². The van der Waals surface area contributed by atoms with Gasteiger partial charge in [-0.25, -0.2) is 0 Å². The Labute approximate surface area is 125 Å². The van der Waals surface area contributed by atoms with Crippen LogP contribution in [0.4, 0.5) is 0 Å². The first kappa shape index (κ1) is 13.3. The molecule has 0 spiro atoms. The van der Waals surface area contributed by atoms with Crippen molar-refractivity contribution >= 4 is 21.8 Å². The highest BCUT2D eigenvalue weighted by molar-refractivity contribution is 9.10. The van der Waals surface area contributed by atoms with E-state index in [9.17, 15) is 9.90 Å². The maximum absolute atomic E-state index is 11.9. The van der Waals surface area contributed by atoms with Crippen molar-refractivity contribution in [1.29, 1.82) is 0 Å². The van der Waals surface area contributed by atoms with Crippen molar-refractivity contribution in [2.75, 3.05) is 6.54 Å². The molecule has 2 N–H and O–H groups in total. The van der Waals surface area contributed by atoms with Crippen LogP contribution in [0.2, 0.25) is 0 Å². The number of halogens is 1. The number of nitrogens with one attached hydrogen (secondary N) is 1. The first-order valence-corrected chi connectivity index (χ1v) is 7.29. The van der Waals surface area contributed by atoms with E-state index in [2.05, 4.69) is 21.2 Å². The molecule has 0 radical (unpaired) electrons. The first-order chi connectivity index (χ1) is 9.66. The summed E-state index contributed by atoms with van der Waals surface area (Å²) >= 11 is 3.44. The fourth-order valence-corrected chi connectivity index (χ4v) is 2.98. The Morgan fingerprint density at radius 1 is 1.20 bits per heavy atom. The van der Waals surface area contributed by atoms with Crippen molar-refractivity contribution in [1.82, 2.24) is 5.32 Å². The van der Waals surface area contributed by atoms with E-state index in [-0.39, 0.29) is 5.91 Å². The third kappa shape index (κ3) is 2.37. The molecule has 0 aliphatic carbocycles. The number of amides is 1. The second-order valence-corrected chi connectivity index (χ2v) is 5.70. The molecule has 1 unspecified atom stereocenters. The Morgan fingerprint density at radius 3 is 2.80 bits per heavy atom. The minimum atomic E-state index is -0.745. The number of carbonyl (C=O) groups is 1. The van der Waals surface area contributed by atoms with Gasteiger partial charge in [0, 0.05) is 16.6 Å². The molecule has 4 heteroatoms. The summed E-state index contributed by atoms with van der Waals surface area (Å²) < 4.78 is 0.856. The number of fused-ring (bicyclic) bond motifs is 1. The molecule has 1 aliphatic heterocycles. The van der Waals surface area contributed by atoms with Crippen molar-refractivity contribution in [2.24, 2.45) is 0 Å². The first-order valence-electron chi connectivity index (χ1n) is 6.50. The lowest BCUT2D eigenvalue weighted by Crippen LogP contribution is -2.31. The normalized spacial score (nSPS) is 15.4. The number of benzene rings is 2. The average Bonchev–Trinajstić information content (AvgIpc) is 2.47. The minimum absolute atomic E-state index is 0.0626. The van der Waals surface area contributed by atoms with Crippen LogP contribution in [-0.2, 0) is 6.42 Å². The molecule has 0 saturated heterocycles. The Balaban J connectivity index is 2.01. The quantitative estimate of drug-likeness (QED) is 0.889. The van der Waals surface area contributed by atoms with E-state index >= 15 is 0 Å². The van der Waals surface area contributed by atoms with Gasteiger partial charge in [0.1, 0.15) is 6.10 Å². The second-order valence-electron chi connectivity index (χ2n) is 4.85. The zero-order chi connectivity index (χ0) is 14.1. The lowest BCUT2D eigenvalue weighted by atomic mass is 9.94. The van der Waals surface area contributed by atoms with Crippen LogP contribution in [-0.4, -0.2) is 17.6 Å². The van der Waals surface area contributed by atoms with Crippen LogP contribution in [0, 0.1) is 0 Å². The van der Waals surface area contributed by atoms with Gasteiger partial charge in [0.05, 0.1) is 0 Å². The van der Waals surface area contributed by atoms with E-state index in [0.29, 0.717) is 12.1 Å². The molecule has 3 nitrogen and oxygen atoms in total. The zero-order valence-electron chi connectivity index (χ0n) is 10.8. The molecule has 2 aromatic carbocycles. The van der Waals surface area contributed by atoms with Crippen molar-refractivity contribution in [3.05, 3.63) is 69.2 Å². The average molecular weight is 332 g/mol. The van der Waals surface area contributed by atoms with Crippen molar-refractivity contribution in [3.63, 3.8) is 0 Å². The highest BCUT2D eigenvalue weighted by atomic mass is 79.9. The molecule has 1 heterocycles. The van der Waals surface area contributed by atoms with Gasteiger partial charge in [-0.2, -0.15) is 0 Å². The molecule has 2 aromatic rings. The minimum Gasteiger partial charge on any atom is -0.384 e. The van der Waals surface area contributed by atoms with Crippen LogP contribution >= 0.6 is 15.9 Å². The summed E-state index contributed by atoms with van der Waals surface area (Å²) in [6.45, 7) is 0.679. The Hall–Kier alpha value is -1.65. The molecule has 1 atom stereocenters. The Bertz CT molecular complexity index is 669. The summed E-state index contributed by atoms with van der Waals surface area (Å²) in [4.78, 5) is 11.9. The lowest BCUT2D eigenvalue weighted by Gasteiger charge is -2.19. The van der Waals surface area contributed by atoms with E-state index in [1.807, 2.05) is 36.4 Å². The zero-order valence-corrected chi connectivity index (χ0v) is 12.4. The third-order valence-corrected chi connectivity index (χ3v) is 4.30. The van der Waals surface area contributed by atoms with Crippen molar-refractivity contribution < 1.29 is 9.90 Å². The van der Waals surface area contributed by atoms with Gasteiger partial charge < -0.3 is 10.4 Å². The van der Waals surface area contributed by atoms with E-state index < -0.39 is 6.10 Å². The predicted octanol–water partition coefficient (Wildman–Crippen LogP) is 2.82. The van der Waals surface area contributed by atoms with E-state index in [4.69, 9.17) is 0 Å². The van der Waals surface area contributed by atoms with Crippen LogP contribution in [0.15, 0.2) is 46.9 Å². The number of hydrogen-bond acceptors (Lipinski definition) is 2.